The van der Waals surface area contributed by atoms with Crippen LogP contribution >= 0.6 is 11.6 Å². The molecule has 0 radical (unpaired) electrons. The zero-order chi connectivity index (χ0) is 21.9. The minimum atomic E-state index is 0.186. The maximum Gasteiger partial charge on any atom is 0.257 e. The van der Waals surface area contributed by atoms with Gasteiger partial charge in [-0.2, -0.15) is 0 Å². The van der Waals surface area contributed by atoms with E-state index in [1.165, 1.54) is 68.4 Å². The molecule has 0 saturated heterocycles. The van der Waals surface area contributed by atoms with Crippen molar-refractivity contribution in [1.29, 1.82) is 0 Å². The van der Waals surface area contributed by atoms with Crippen LogP contribution in [0.4, 0.5) is 0 Å². The number of benzene rings is 2. The lowest BCUT2D eigenvalue weighted by Gasteiger charge is -2.22. The summed E-state index contributed by atoms with van der Waals surface area (Å²) in [7, 11) is 0. The fraction of sp³-hybridized carbons (Fsp3) is 0.429. The standard InChI is InChI=1S/C28H32ClN2O/c29-25-16-14-23(15-17-25)26-19-30(28-9-5-2-6-18-31(26)28)20-27(32)24-12-10-22(11-13-24)21-7-3-1-4-8-21/h10-17,19,21H,1-9,18,20H2/q+1. The third-order valence-corrected chi connectivity index (χ3v) is 7.51. The Hall–Kier alpha value is -2.39. The molecule has 32 heavy (non-hydrogen) atoms. The van der Waals surface area contributed by atoms with Gasteiger partial charge in [0.2, 0.25) is 5.78 Å². The molecule has 2 aromatic carbocycles. The normalized spacial score (nSPS) is 17.0. The van der Waals surface area contributed by atoms with Crippen LogP contribution in [0.2, 0.25) is 5.02 Å². The summed E-state index contributed by atoms with van der Waals surface area (Å²) in [5.41, 5.74) is 4.55. The Balaban J connectivity index is 1.39. The molecule has 1 saturated carbocycles. The highest BCUT2D eigenvalue weighted by Crippen LogP contribution is 2.32. The summed E-state index contributed by atoms with van der Waals surface area (Å²) in [6.45, 7) is 1.40. The molecule has 0 atom stereocenters. The van der Waals surface area contributed by atoms with Gasteiger partial charge in [-0.1, -0.05) is 55.1 Å². The molecule has 166 valence electrons. The molecule has 1 aliphatic carbocycles. The van der Waals surface area contributed by atoms with Crippen molar-refractivity contribution in [2.45, 2.75) is 76.8 Å². The van der Waals surface area contributed by atoms with Crippen molar-refractivity contribution in [3.05, 3.63) is 76.7 Å². The number of hydrogen-bond donors (Lipinski definition) is 0. The molecule has 2 aliphatic rings. The third kappa shape index (κ3) is 4.54. The molecule has 1 aliphatic heterocycles. The van der Waals surface area contributed by atoms with Gasteiger partial charge in [0.15, 0.2) is 12.2 Å². The first-order valence-electron chi connectivity index (χ1n) is 12.2. The lowest BCUT2D eigenvalue weighted by molar-refractivity contribution is -0.690. The van der Waals surface area contributed by atoms with Crippen LogP contribution in [0.25, 0.3) is 11.3 Å². The maximum atomic E-state index is 13.2. The van der Waals surface area contributed by atoms with Gasteiger partial charge in [0.05, 0.1) is 6.54 Å². The number of aromatic nitrogens is 2. The van der Waals surface area contributed by atoms with E-state index in [0.29, 0.717) is 12.5 Å². The molecule has 1 fully saturated rings. The summed E-state index contributed by atoms with van der Waals surface area (Å²) in [4.78, 5) is 13.2. The number of carbonyl (C=O) groups excluding carboxylic acids is 1. The number of Topliss-reactive ketones (excluding diaryl/α,β-unsaturated/α-hetero) is 1. The second kappa shape index (κ2) is 9.62. The van der Waals surface area contributed by atoms with Crippen LogP contribution in [-0.4, -0.2) is 10.4 Å². The Labute approximate surface area is 196 Å². The first kappa shape index (κ1) is 21.5. The highest BCUT2D eigenvalue weighted by Gasteiger charge is 2.27. The number of ketones is 1. The quantitative estimate of drug-likeness (QED) is 0.313. The first-order chi connectivity index (χ1) is 15.7. The van der Waals surface area contributed by atoms with Crippen LogP contribution in [0.15, 0.2) is 54.7 Å². The van der Waals surface area contributed by atoms with Crippen LogP contribution in [0.3, 0.4) is 0 Å². The molecule has 0 spiro atoms. The van der Waals surface area contributed by atoms with Crippen molar-refractivity contribution in [2.75, 3.05) is 0 Å². The molecule has 3 nitrogen and oxygen atoms in total. The van der Waals surface area contributed by atoms with Gasteiger partial charge in [0, 0.05) is 22.6 Å². The Morgan fingerprint density at radius 1 is 0.906 bits per heavy atom. The number of nitrogens with zero attached hydrogens (tertiary/aromatic N) is 2. The van der Waals surface area contributed by atoms with Gasteiger partial charge in [0.25, 0.3) is 5.82 Å². The van der Waals surface area contributed by atoms with E-state index >= 15 is 0 Å². The van der Waals surface area contributed by atoms with Crippen molar-refractivity contribution in [2.24, 2.45) is 0 Å². The van der Waals surface area contributed by atoms with Crippen LogP contribution < -0.4 is 4.57 Å². The van der Waals surface area contributed by atoms with E-state index in [1.807, 2.05) is 24.3 Å². The maximum absolute atomic E-state index is 13.2. The van der Waals surface area contributed by atoms with Crippen molar-refractivity contribution in [3.8, 4) is 11.3 Å². The van der Waals surface area contributed by atoms with Crippen LogP contribution in [-0.2, 0) is 19.5 Å². The van der Waals surface area contributed by atoms with Gasteiger partial charge in [-0.15, -0.1) is 0 Å². The van der Waals surface area contributed by atoms with Crippen LogP contribution in [0.1, 0.15) is 79.0 Å². The summed E-state index contributed by atoms with van der Waals surface area (Å²) >= 11 is 6.11. The fourth-order valence-corrected chi connectivity index (χ4v) is 5.58. The van der Waals surface area contributed by atoms with Gasteiger partial charge < -0.3 is 0 Å². The van der Waals surface area contributed by atoms with E-state index in [0.717, 1.165) is 29.1 Å². The highest BCUT2D eigenvalue weighted by atomic mass is 35.5. The second-order valence-corrected chi connectivity index (χ2v) is 9.84. The van der Waals surface area contributed by atoms with E-state index in [2.05, 4.69) is 39.6 Å². The predicted molar refractivity (Wildman–Crippen MR) is 129 cm³/mol. The molecule has 0 amide bonds. The Morgan fingerprint density at radius 3 is 2.38 bits per heavy atom. The molecular weight excluding hydrogens is 416 g/mol. The predicted octanol–water partition coefficient (Wildman–Crippen LogP) is 6.75. The fourth-order valence-electron chi connectivity index (χ4n) is 5.45. The minimum Gasteiger partial charge on any atom is -0.290 e. The number of carbonyl (C=O) groups is 1. The summed E-state index contributed by atoms with van der Waals surface area (Å²) < 4.78 is 4.60. The topological polar surface area (TPSA) is 25.9 Å². The first-order valence-corrected chi connectivity index (χ1v) is 12.6. The Morgan fingerprint density at radius 2 is 1.62 bits per heavy atom. The number of halogens is 1. The van der Waals surface area contributed by atoms with Crippen LogP contribution in [0.5, 0.6) is 0 Å². The van der Waals surface area contributed by atoms with Gasteiger partial charge in [0.1, 0.15) is 6.20 Å². The molecule has 5 rings (SSSR count). The number of fused-ring (bicyclic) bond motifs is 1. The van der Waals surface area contributed by atoms with Gasteiger partial charge >= 0.3 is 0 Å². The lowest BCUT2D eigenvalue weighted by atomic mass is 9.84. The molecule has 2 heterocycles. The average Bonchev–Trinajstić information content (AvgIpc) is 3.00. The van der Waals surface area contributed by atoms with Crippen molar-refractivity contribution < 1.29 is 9.36 Å². The Bertz CT molecular complexity index is 1080. The second-order valence-electron chi connectivity index (χ2n) is 9.41. The molecule has 3 aromatic rings. The number of imidazole rings is 1. The average molecular weight is 448 g/mol. The molecule has 0 N–H and O–H groups in total. The van der Waals surface area contributed by atoms with Gasteiger partial charge in [-0.25, -0.2) is 9.13 Å². The van der Waals surface area contributed by atoms with E-state index in [4.69, 9.17) is 11.6 Å². The molecule has 1 aromatic heterocycles. The number of hydrogen-bond acceptors (Lipinski definition) is 1. The highest BCUT2D eigenvalue weighted by molar-refractivity contribution is 6.30. The summed E-state index contributed by atoms with van der Waals surface area (Å²) in [5.74, 6) is 2.12. The van der Waals surface area contributed by atoms with E-state index in [9.17, 15) is 4.79 Å². The minimum absolute atomic E-state index is 0.186. The van der Waals surface area contributed by atoms with Gasteiger partial charge in [-0.05, 0) is 67.9 Å². The largest absolute Gasteiger partial charge is 0.290 e. The molecule has 4 heteroatoms. The SMILES string of the molecule is O=C(C[n+]1cc(-c2ccc(Cl)cc2)n2c1CCCCC2)c1ccc(C2CCCCC2)cc1. The monoisotopic (exact) mass is 447 g/mol. The zero-order valence-corrected chi connectivity index (χ0v) is 19.5. The molecule has 0 unspecified atom stereocenters. The smallest absolute Gasteiger partial charge is 0.257 e. The molecular formula is C28H32ClN2O+. The third-order valence-electron chi connectivity index (χ3n) is 7.26. The number of rotatable bonds is 5. The van der Waals surface area contributed by atoms with Gasteiger partial charge in [-0.3, -0.25) is 4.79 Å². The van der Waals surface area contributed by atoms with E-state index in [-0.39, 0.29) is 5.78 Å². The van der Waals surface area contributed by atoms with Crippen molar-refractivity contribution in [3.63, 3.8) is 0 Å². The summed E-state index contributed by atoms with van der Waals surface area (Å²) in [5, 5.41) is 0.746. The molecule has 0 bridgehead atoms. The summed E-state index contributed by atoms with van der Waals surface area (Å²) in [6, 6.07) is 16.5. The zero-order valence-electron chi connectivity index (χ0n) is 18.7. The van der Waals surface area contributed by atoms with Crippen molar-refractivity contribution >= 4 is 17.4 Å². The Kier molecular flexibility index (Phi) is 6.45. The van der Waals surface area contributed by atoms with E-state index < -0.39 is 0 Å². The van der Waals surface area contributed by atoms with Crippen molar-refractivity contribution in [1.82, 2.24) is 4.57 Å². The van der Waals surface area contributed by atoms with E-state index in [1.54, 1.807) is 0 Å². The summed E-state index contributed by atoms with van der Waals surface area (Å²) in [6.07, 6.45) is 13.4. The van der Waals surface area contributed by atoms with Crippen LogP contribution in [0, 0.1) is 0 Å². The lowest BCUT2D eigenvalue weighted by Crippen LogP contribution is -2.40.